The predicted octanol–water partition coefficient (Wildman–Crippen LogP) is 3.54. The molecule has 0 N–H and O–H groups in total. The van der Waals surface area contributed by atoms with Crippen LogP contribution in [0.3, 0.4) is 0 Å². The fraction of sp³-hybridized carbons (Fsp3) is 0.368. The molecule has 1 aromatic carbocycles. The van der Waals surface area contributed by atoms with Crippen molar-refractivity contribution in [2.24, 2.45) is 7.05 Å². The largest absolute Gasteiger partial charge is 0.485 e. The van der Waals surface area contributed by atoms with E-state index in [0.29, 0.717) is 18.0 Å². The zero-order chi connectivity index (χ0) is 18.4. The van der Waals surface area contributed by atoms with Crippen molar-refractivity contribution in [1.29, 1.82) is 0 Å². The Morgan fingerprint density at radius 3 is 3.00 bits per heavy atom. The monoisotopic (exact) mass is 400 g/mol. The number of thiophene rings is 1. The summed E-state index contributed by atoms with van der Waals surface area (Å²) in [5.74, 6) is 2.31. The first-order valence-electron chi connectivity index (χ1n) is 8.99. The van der Waals surface area contributed by atoms with Crippen molar-refractivity contribution in [2.45, 2.75) is 25.7 Å². The summed E-state index contributed by atoms with van der Waals surface area (Å²) in [4.78, 5) is 3.89. The maximum absolute atomic E-state index is 6.11. The average Bonchev–Trinajstić information content (AvgIpc) is 3.27. The Balaban J connectivity index is 1.37. The lowest BCUT2D eigenvalue weighted by Crippen LogP contribution is -2.32. The minimum absolute atomic E-state index is 0.266. The van der Waals surface area contributed by atoms with Gasteiger partial charge in [-0.05, 0) is 47.8 Å². The summed E-state index contributed by atoms with van der Waals surface area (Å²) < 4.78 is 16.5. The Kier molecular flexibility index (Phi) is 4.26. The highest BCUT2D eigenvalue weighted by Gasteiger charge is 2.28. The average molecular weight is 401 g/mol. The van der Waals surface area contributed by atoms with Gasteiger partial charge >= 0.3 is 0 Å². The molecule has 27 heavy (non-hydrogen) atoms. The van der Waals surface area contributed by atoms with Crippen molar-refractivity contribution >= 4 is 23.6 Å². The summed E-state index contributed by atoms with van der Waals surface area (Å²) in [6.45, 7) is 3.09. The number of nitrogens with zero attached hydrogens (tertiary/aromatic N) is 4. The number of aromatic nitrogens is 3. The molecule has 3 aromatic rings. The molecule has 5 rings (SSSR count). The zero-order valence-electron chi connectivity index (χ0n) is 15.0. The van der Waals surface area contributed by atoms with Crippen molar-refractivity contribution in [2.75, 3.05) is 13.2 Å². The quantitative estimate of drug-likeness (QED) is 0.629. The fourth-order valence-electron chi connectivity index (χ4n) is 3.64. The molecule has 0 radical (unpaired) electrons. The van der Waals surface area contributed by atoms with Crippen molar-refractivity contribution in [3.05, 3.63) is 56.7 Å². The van der Waals surface area contributed by atoms with Gasteiger partial charge in [-0.1, -0.05) is 12.1 Å². The summed E-state index contributed by atoms with van der Waals surface area (Å²) in [6, 6.07) is 9.93. The molecule has 0 aliphatic carbocycles. The number of fused-ring (bicyclic) bond motifs is 2. The van der Waals surface area contributed by atoms with Crippen LogP contribution in [0.25, 0.3) is 0 Å². The van der Waals surface area contributed by atoms with Crippen molar-refractivity contribution in [1.82, 2.24) is 19.2 Å². The lowest BCUT2D eigenvalue weighted by Gasteiger charge is -2.26. The van der Waals surface area contributed by atoms with E-state index in [1.165, 1.54) is 10.4 Å². The minimum Gasteiger partial charge on any atom is -0.485 e. The number of ether oxygens (including phenoxy) is 2. The van der Waals surface area contributed by atoms with E-state index >= 15 is 0 Å². The van der Waals surface area contributed by atoms with Gasteiger partial charge < -0.3 is 14.0 Å². The van der Waals surface area contributed by atoms with Gasteiger partial charge in [0, 0.05) is 25.0 Å². The first-order chi connectivity index (χ1) is 13.2. The van der Waals surface area contributed by atoms with Gasteiger partial charge in [-0.3, -0.25) is 4.90 Å². The number of benzene rings is 1. The van der Waals surface area contributed by atoms with Gasteiger partial charge in [-0.2, -0.15) is 5.10 Å². The Morgan fingerprint density at radius 2 is 2.11 bits per heavy atom. The van der Waals surface area contributed by atoms with E-state index in [2.05, 4.69) is 16.3 Å². The van der Waals surface area contributed by atoms with Crippen LogP contribution in [-0.2, 0) is 26.7 Å². The van der Waals surface area contributed by atoms with E-state index in [1.54, 1.807) is 0 Å². The predicted molar refractivity (Wildman–Crippen MR) is 106 cm³/mol. The van der Waals surface area contributed by atoms with Gasteiger partial charge in [0.05, 0.1) is 6.67 Å². The van der Waals surface area contributed by atoms with Crippen LogP contribution in [0.5, 0.6) is 11.5 Å². The number of rotatable bonds is 3. The molecular formula is C19H20N4O2S2. The third-order valence-electron chi connectivity index (χ3n) is 5.09. The fourth-order valence-corrected chi connectivity index (χ4v) is 4.72. The Morgan fingerprint density at radius 1 is 1.26 bits per heavy atom. The smallest absolute Gasteiger partial charge is 0.198 e. The molecule has 0 bridgehead atoms. The second kappa shape index (κ2) is 6.78. The molecule has 140 valence electrons. The van der Waals surface area contributed by atoms with Crippen LogP contribution in [-0.4, -0.2) is 32.4 Å². The van der Waals surface area contributed by atoms with Gasteiger partial charge in [0.2, 0.25) is 0 Å². The normalized spacial score (nSPS) is 19.1. The molecule has 0 saturated carbocycles. The summed E-state index contributed by atoms with van der Waals surface area (Å²) >= 11 is 7.49. The van der Waals surface area contributed by atoms with Gasteiger partial charge in [0.15, 0.2) is 28.2 Å². The van der Waals surface area contributed by atoms with Gasteiger partial charge in [-0.25, -0.2) is 4.68 Å². The van der Waals surface area contributed by atoms with E-state index in [-0.39, 0.29) is 6.10 Å². The van der Waals surface area contributed by atoms with Crippen LogP contribution in [0.15, 0.2) is 35.7 Å². The van der Waals surface area contributed by atoms with Gasteiger partial charge in [0.1, 0.15) is 6.61 Å². The second-order valence-corrected chi connectivity index (χ2v) is 8.24. The van der Waals surface area contributed by atoms with Crippen LogP contribution in [0.4, 0.5) is 0 Å². The van der Waals surface area contributed by atoms with E-state index in [9.17, 15) is 0 Å². The molecule has 4 heterocycles. The Hall–Kier alpha value is -2.16. The molecule has 0 spiro atoms. The lowest BCUT2D eigenvalue weighted by atomic mass is 10.1. The molecule has 2 aromatic heterocycles. The molecule has 0 amide bonds. The highest BCUT2D eigenvalue weighted by atomic mass is 32.1. The first-order valence-corrected chi connectivity index (χ1v) is 10.3. The SMILES string of the molecule is Cn1c(C2COc3ccccc3O2)nn(CN2CCc3sccc3C2)c1=S. The number of hydrogen-bond donors (Lipinski definition) is 0. The summed E-state index contributed by atoms with van der Waals surface area (Å²) in [5.41, 5.74) is 1.43. The lowest BCUT2D eigenvalue weighted by molar-refractivity contribution is 0.0820. The molecule has 0 saturated heterocycles. The second-order valence-electron chi connectivity index (χ2n) is 6.88. The van der Waals surface area contributed by atoms with E-state index in [4.69, 9.17) is 26.8 Å². The van der Waals surface area contributed by atoms with Crippen LogP contribution in [0.2, 0.25) is 0 Å². The number of para-hydroxylation sites is 2. The van der Waals surface area contributed by atoms with Crippen molar-refractivity contribution in [3.63, 3.8) is 0 Å². The minimum atomic E-state index is -0.266. The molecule has 1 atom stereocenters. The zero-order valence-corrected chi connectivity index (χ0v) is 16.6. The highest BCUT2D eigenvalue weighted by Crippen LogP contribution is 2.35. The van der Waals surface area contributed by atoms with E-state index in [1.807, 2.05) is 51.9 Å². The molecule has 0 fully saturated rings. The van der Waals surface area contributed by atoms with E-state index in [0.717, 1.165) is 36.8 Å². The third kappa shape index (κ3) is 3.07. The molecule has 2 aliphatic heterocycles. The first kappa shape index (κ1) is 17.0. The van der Waals surface area contributed by atoms with Crippen LogP contribution in [0, 0.1) is 4.77 Å². The molecule has 1 unspecified atom stereocenters. The topological polar surface area (TPSA) is 44.5 Å². The Labute approximate surface area is 166 Å². The van der Waals surface area contributed by atoms with Crippen LogP contribution in [0.1, 0.15) is 22.4 Å². The molecular weight excluding hydrogens is 380 g/mol. The molecule has 6 nitrogen and oxygen atoms in total. The molecule has 8 heteroatoms. The van der Waals surface area contributed by atoms with Gasteiger partial charge in [0.25, 0.3) is 0 Å². The standard InChI is InChI=1S/C19H20N4O2S2/c1-21-18(16-11-24-14-4-2-3-5-15(14)25-16)20-23(19(21)26)12-22-8-6-17-13(10-22)7-9-27-17/h2-5,7,9,16H,6,8,10-12H2,1H3. The van der Waals surface area contributed by atoms with Crippen LogP contribution < -0.4 is 9.47 Å². The third-order valence-corrected chi connectivity index (χ3v) is 6.60. The maximum atomic E-state index is 6.11. The van der Waals surface area contributed by atoms with Gasteiger partial charge in [-0.15, -0.1) is 11.3 Å². The van der Waals surface area contributed by atoms with Crippen LogP contribution >= 0.6 is 23.6 Å². The maximum Gasteiger partial charge on any atom is 0.198 e. The van der Waals surface area contributed by atoms with Crippen molar-refractivity contribution < 1.29 is 9.47 Å². The summed E-state index contributed by atoms with van der Waals surface area (Å²) in [5, 5.41) is 6.95. The van der Waals surface area contributed by atoms with E-state index < -0.39 is 0 Å². The Bertz CT molecular complexity index is 1040. The molecule has 2 aliphatic rings. The van der Waals surface area contributed by atoms with Crippen molar-refractivity contribution in [3.8, 4) is 11.5 Å². The summed E-state index contributed by atoms with van der Waals surface area (Å²) in [6.07, 6.45) is 0.828. The summed E-state index contributed by atoms with van der Waals surface area (Å²) in [7, 11) is 1.94. The number of hydrogen-bond acceptors (Lipinski definition) is 6. The highest BCUT2D eigenvalue weighted by molar-refractivity contribution is 7.71.